The molecule has 1 atom stereocenters. The Hall–Kier alpha value is -1.22. The molecule has 1 N–H and O–H groups in total. The number of rotatable bonds is 4. The van der Waals surface area contributed by atoms with Gasteiger partial charge in [-0.3, -0.25) is 0 Å². The summed E-state index contributed by atoms with van der Waals surface area (Å²) in [5.41, 5.74) is 0. The van der Waals surface area contributed by atoms with E-state index in [9.17, 15) is 5.11 Å². The fourth-order valence-electron chi connectivity index (χ4n) is 0.970. The largest absolute Gasteiger partial charge is 0.497 e. The summed E-state index contributed by atoms with van der Waals surface area (Å²) in [6.45, 7) is 3.50. The van der Waals surface area contributed by atoms with Crippen LogP contribution >= 0.6 is 0 Å². The van der Waals surface area contributed by atoms with Crippen molar-refractivity contribution in [3.05, 3.63) is 24.3 Å². The van der Waals surface area contributed by atoms with Gasteiger partial charge in [0.1, 0.15) is 11.5 Å². The first kappa shape index (κ1) is 10.9. The van der Waals surface area contributed by atoms with Crippen LogP contribution in [-0.4, -0.2) is 18.0 Å². The van der Waals surface area contributed by atoms with E-state index in [1.54, 1.807) is 38.3 Å². The molecule has 0 amide bonds. The van der Waals surface area contributed by atoms with Crippen molar-refractivity contribution in [1.29, 1.82) is 0 Å². The Morgan fingerprint density at radius 1 is 1.21 bits per heavy atom. The molecule has 0 saturated heterocycles. The second-order valence-electron chi connectivity index (χ2n) is 3.31. The van der Waals surface area contributed by atoms with Gasteiger partial charge in [0.05, 0.1) is 7.11 Å². The van der Waals surface area contributed by atoms with E-state index in [-0.39, 0.29) is 0 Å². The van der Waals surface area contributed by atoms with Crippen molar-refractivity contribution >= 4 is 0 Å². The van der Waals surface area contributed by atoms with Gasteiger partial charge < -0.3 is 14.6 Å². The lowest BCUT2D eigenvalue weighted by molar-refractivity contribution is -0.123. The maximum atomic E-state index is 9.65. The lowest BCUT2D eigenvalue weighted by atomic mass is 10.2. The van der Waals surface area contributed by atoms with Crippen molar-refractivity contribution in [2.24, 2.45) is 0 Å². The van der Waals surface area contributed by atoms with Gasteiger partial charge >= 0.3 is 0 Å². The van der Waals surface area contributed by atoms with Gasteiger partial charge in [0.2, 0.25) is 5.79 Å². The van der Waals surface area contributed by atoms with Crippen LogP contribution in [0.5, 0.6) is 11.5 Å². The molecule has 0 bridgehead atoms. The number of methoxy groups -OCH3 is 1. The van der Waals surface area contributed by atoms with Crippen LogP contribution in [0.3, 0.4) is 0 Å². The zero-order valence-corrected chi connectivity index (χ0v) is 8.78. The molecule has 0 heterocycles. The molecule has 1 rings (SSSR count). The molecular formula is C11H16O3. The summed E-state index contributed by atoms with van der Waals surface area (Å²) in [5, 5.41) is 9.65. The van der Waals surface area contributed by atoms with Crippen molar-refractivity contribution in [2.75, 3.05) is 7.11 Å². The van der Waals surface area contributed by atoms with Gasteiger partial charge in [-0.15, -0.1) is 0 Å². The van der Waals surface area contributed by atoms with Crippen LogP contribution in [0.4, 0.5) is 0 Å². The van der Waals surface area contributed by atoms with Crippen molar-refractivity contribution < 1.29 is 14.6 Å². The van der Waals surface area contributed by atoms with Crippen LogP contribution < -0.4 is 9.47 Å². The van der Waals surface area contributed by atoms with Crippen molar-refractivity contribution in [3.63, 3.8) is 0 Å². The maximum Gasteiger partial charge on any atom is 0.204 e. The van der Waals surface area contributed by atoms with Crippen LogP contribution in [-0.2, 0) is 0 Å². The molecule has 1 aromatic rings. The van der Waals surface area contributed by atoms with Gasteiger partial charge in [-0.1, -0.05) is 6.92 Å². The predicted molar refractivity (Wildman–Crippen MR) is 54.5 cm³/mol. The average Bonchev–Trinajstić information content (AvgIpc) is 2.19. The molecule has 0 aromatic heterocycles. The molecule has 0 spiro atoms. The Morgan fingerprint density at radius 2 is 1.71 bits per heavy atom. The second kappa shape index (κ2) is 4.33. The molecular weight excluding hydrogens is 180 g/mol. The summed E-state index contributed by atoms with van der Waals surface area (Å²) in [4.78, 5) is 0. The van der Waals surface area contributed by atoms with E-state index in [0.29, 0.717) is 12.2 Å². The standard InChI is InChI=1S/C11H16O3/c1-4-11(2,12)14-10-7-5-9(13-3)6-8-10/h5-8,12H,4H2,1-3H3. The first-order valence-electron chi connectivity index (χ1n) is 4.63. The van der Waals surface area contributed by atoms with E-state index in [1.807, 2.05) is 6.92 Å². The zero-order valence-electron chi connectivity index (χ0n) is 8.78. The Balaban J connectivity index is 2.69. The summed E-state index contributed by atoms with van der Waals surface area (Å²) < 4.78 is 10.4. The molecule has 0 aliphatic rings. The Morgan fingerprint density at radius 3 is 2.14 bits per heavy atom. The summed E-state index contributed by atoms with van der Waals surface area (Å²) in [6.07, 6.45) is 0.541. The normalized spacial score (nSPS) is 14.6. The lowest BCUT2D eigenvalue weighted by Gasteiger charge is -2.23. The maximum absolute atomic E-state index is 9.65. The molecule has 78 valence electrons. The summed E-state index contributed by atoms with van der Waals surface area (Å²) in [5.74, 6) is 0.306. The minimum absolute atomic E-state index is 0.541. The molecule has 0 aliphatic heterocycles. The molecule has 1 aromatic carbocycles. The number of aliphatic hydroxyl groups is 1. The highest BCUT2D eigenvalue weighted by atomic mass is 16.6. The van der Waals surface area contributed by atoms with Gasteiger partial charge in [-0.05, 0) is 24.3 Å². The molecule has 0 radical (unpaired) electrons. The lowest BCUT2D eigenvalue weighted by Crippen LogP contribution is -2.30. The third kappa shape index (κ3) is 2.92. The highest BCUT2D eigenvalue weighted by molar-refractivity contribution is 5.31. The van der Waals surface area contributed by atoms with E-state index < -0.39 is 5.79 Å². The first-order valence-corrected chi connectivity index (χ1v) is 4.63. The molecule has 14 heavy (non-hydrogen) atoms. The smallest absolute Gasteiger partial charge is 0.204 e. The van der Waals surface area contributed by atoms with Crippen LogP contribution in [0.1, 0.15) is 20.3 Å². The van der Waals surface area contributed by atoms with Crippen molar-refractivity contribution in [1.82, 2.24) is 0 Å². The molecule has 0 aliphatic carbocycles. The van der Waals surface area contributed by atoms with E-state index in [4.69, 9.17) is 9.47 Å². The fourth-order valence-corrected chi connectivity index (χ4v) is 0.970. The monoisotopic (exact) mass is 196 g/mol. The van der Waals surface area contributed by atoms with E-state index in [0.717, 1.165) is 5.75 Å². The molecule has 3 heteroatoms. The van der Waals surface area contributed by atoms with E-state index in [1.165, 1.54) is 0 Å². The highest BCUT2D eigenvalue weighted by Crippen LogP contribution is 2.21. The van der Waals surface area contributed by atoms with Crippen LogP contribution in [0.2, 0.25) is 0 Å². The number of hydrogen-bond donors (Lipinski definition) is 1. The third-order valence-electron chi connectivity index (χ3n) is 2.05. The van der Waals surface area contributed by atoms with Crippen LogP contribution in [0.15, 0.2) is 24.3 Å². The van der Waals surface area contributed by atoms with E-state index >= 15 is 0 Å². The Bertz CT molecular complexity index is 277. The quantitative estimate of drug-likeness (QED) is 0.750. The first-order chi connectivity index (χ1) is 6.57. The zero-order chi connectivity index (χ0) is 10.6. The van der Waals surface area contributed by atoms with Gasteiger partial charge in [0.25, 0.3) is 0 Å². The fraction of sp³-hybridized carbons (Fsp3) is 0.455. The van der Waals surface area contributed by atoms with E-state index in [2.05, 4.69) is 0 Å². The third-order valence-corrected chi connectivity index (χ3v) is 2.05. The van der Waals surface area contributed by atoms with Gasteiger partial charge in [0, 0.05) is 13.3 Å². The van der Waals surface area contributed by atoms with Crippen molar-refractivity contribution in [2.45, 2.75) is 26.1 Å². The Labute approximate surface area is 84.3 Å². The number of hydrogen-bond acceptors (Lipinski definition) is 3. The molecule has 3 nitrogen and oxygen atoms in total. The average molecular weight is 196 g/mol. The Kier molecular flexibility index (Phi) is 3.36. The predicted octanol–water partition coefficient (Wildman–Crippen LogP) is 2.19. The molecule has 0 saturated carbocycles. The minimum atomic E-state index is -1.10. The van der Waals surface area contributed by atoms with Crippen LogP contribution in [0, 0.1) is 0 Å². The number of benzene rings is 1. The number of ether oxygens (including phenoxy) is 2. The van der Waals surface area contributed by atoms with Crippen LogP contribution in [0.25, 0.3) is 0 Å². The summed E-state index contributed by atoms with van der Waals surface area (Å²) >= 11 is 0. The minimum Gasteiger partial charge on any atom is -0.497 e. The topological polar surface area (TPSA) is 38.7 Å². The summed E-state index contributed by atoms with van der Waals surface area (Å²) in [7, 11) is 1.61. The molecule has 0 fully saturated rings. The van der Waals surface area contributed by atoms with Crippen molar-refractivity contribution in [3.8, 4) is 11.5 Å². The molecule has 1 unspecified atom stereocenters. The summed E-state index contributed by atoms with van der Waals surface area (Å²) in [6, 6.07) is 7.12. The SMILES string of the molecule is CCC(C)(O)Oc1ccc(OC)cc1. The highest BCUT2D eigenvalue weighted by Gasteiger charge is 2.18. The van der Waals surface area contributed by atoms with Gasteiger partial charge in [0.15, 0.2) is 0 Å². The van der Waals surface area contributed by atoms with Gasteiger partial charge in [-0.25, -0.2) is 0 Å². The van der Waals surface area contributed by atoms with Gasteiger partial charge in [-0.2, -0.15) is 0 Å². The second-order valence-corrected chi connectivity index (χ2v) is 3.31.